The first-order valence-electron chi connectivity index (χ1n) is 6.10. The molecule has 0 aliphatic rings. The van der Waals surface area contributed by atoms with E-state index in [-0.39, 0.29) is 12.0 Å². The fraction of sp³-hybridized carbons (Fsp3) is 0.429. The van der Waals surface area contributed by atoms with Gasteiger partial charge in [0.1, 0.15) is 0 Å². The van der Waals surface area contributed by atoms with Gasteiger partial charge in [0.05, 0.1) is 5.69 Å². The third-order valence-electron chi connectivity index (χ3n) is 3.03. The average Bonchev–Trinajstić information content (AvgIpc) is 2.38. The standard InChI is InChI=1S/C14H19N3O/c1-10-11-6-4-5-7-12(11)13(17-16-10)15-8-14(2,3)9-18/h4-7,18H,8-9H2,1-3H3,(H,15,17). The molecule has 0 saturated heterocycles. The Labute approximate surface area is 107 Å². The Kier molecular flexibility index (Phi) is 3.48. The van der Waals surface area contributed by atoms with E-state index in [2.05, 4.69) is 15.5 Å². The number of hydrogen-bond acceptors (Lipinski definition) is 4. The van der Waals surface area contributed by atoms with Crippen LogP contribution in [0.1, 0.15) is 19.5 Å². The molecule has 2 aromatic rings. The molecule has 4 nitrogen and oxygen atoms in total. The summed E-state index contributed by atoms with van der Waals surface area (Å²) in [5.41, 5.74) is 0.755. The number of aryl methyl sites for hydroxylation is 1. The summed E-state index contributed by atoms with van der Waals surface area (Å²) in [5, 5.41) is 23.1. The van der Waals surface area contributed by atoms with Gasteiger partial charge in [-0.05, 0) is 6.92 Å². The van der Waals surface area contributed by atoms with Crippen LogP contribution in [0.25, 0.3) is 10.8 Å². The number of nitrogens with one attached hydrogen (secondary N) is 1. The molecule has 1 heterocycles. The molecule has 0 aliphatic heterocycles. The van der Waals surface area contributed by atoms with E-state index in [4.69, 9.17) is 0 Å². The lowest BCUT2D eigenvalue weighted by Crippen LogP contribution is -2.27. The van der Waals surface area contributed by atoms with E-state index in [1.165, 1.54) is 0 Å². The molecule has 0 saturated carbocycles. The SMILES string of the molecule is Cc1nnc(NCC(C)(C)CO)c2ccccc12. The third-order valence-corrected chi connectivity index (χ3v) is 3.03. The van der Waals surface area contributed by atoms with Crippen LogP contribution in [0.2, 0.25) is 0 Å². The molecule has 2 N–H and O–H groups in total. The first-order chi connectivity index (χ1) is 8.53. The summed E-state index contributed by atoms with van der Waals surface area (Å²) in [6, 6.07) is 8.07. The molecule has 4 heteroatoms. The Morgan fingerprint density at radius 2 is 1.83 bits per heavy atom. The molecule has 0 amide bonds. The lowest BCUT2D eigenvalue weighted by atomic mass is 9.95. The van der Waals surface area contributed by atoms with Crippen molar-refractivity contribution >= 4 is 16.6 Å². The second kappa shape index (κ2) is 4.90. The summed E-state index contributed by atoms with van der Waals surface area (Å²) in [7, 11) is 0. The number of rotatable bonds is 4. The van der Waals surface area contributed by atoms with Crippen LogP contribution in [-0.2, 0) is 0 Å². The molecule has 1 aromatic heterocycles. The first kappa shape index (κ1) is 12.8. The second-order valence-corrected chi connectivity index (χ2v) is 5.36. The predicted molar refractivity (Wildman–Crippen MR) is 73.6 cm³/mol. The number of hydrogen-bond donors (Lipinski definition) is 2. The van der Waals surface area contributed by atoms with Crippen LogP contribution in [0.15, 0.2) is 24.3 Å². The zero-order valence-electron chi connectivity index (χ0n) is 11.1. The molecule has 0 fully saturated rings. The molecule has 96 valence electrons. The van der Waals surface area contributed by atoms with Crippen molar-refractivity contribution < 1.29 is 5.11 Å². The summed E-state index contributed by atoms with van der Waals surface area (Å²) >= 11 is 0. The van der Waals surface area contributed by atoms with Crippen LogP contribution >= 0.6 is 0 Å². The molecule has 1 aromatic carbocycles. The van der Waals surface area contributed by atoms with Crippen molar-refractivity contribution in [2.75, 3.05) is 18.5 Å². The Morgan fingerprint density at radius 3 is 2.50 bits per heavy atom. The molecular weight excluding hydrogens is 226 g/mol. The predicted octanol–water partition coefficient (Wildman–Crippen LogP) is 2.37. The van der Waals surface area contributed by atoms with Gasteiger partial charge in [0.2, 0.25) is 0 Å². The molecule has 0 radical (unpaired) electrons. The molecule has 0 atom stereocenters. The normalized spacial score (nSPS) is 11.8. The van der Waals surface area contributed by atoms with Gasteiger partial charge in [-0.15, -0.1) is 5.10 Å². The van der Waals surface area contributed by atoms with Crippen molar-refractivity contribution in [2.45, 2.75) is 20.8 Å². The van der Waals surface area contributed by atoms with Crippen LogP contribution in [0.5, 0.6) is 0 Å². The first-order valence-corrected chi connectivity index (χ1v) is 6.10. The van der Waals surface area contributed by atoms with Crippen LogP contribution in [0, 0.1) is 12.3 Å². The summed E-state index contributed by atoms with van der Waals surface area (Å²) in [6.45, 7) is 6.76. The summed E-state index contributed by atoms with van der Waals surface area (Å²) in [4.78, 5) is 0. The zero-order chi connectivity index (χ0) is 13.2. The maximum Gasteiger partial charge on any atom is 0.156 e. The minimum absolute atomic E-state index is 0.136. The maximum atomic E-state index is 9.25. The van der Waals surface area contributed by atoms with Crippen LogP contribution < -0.4 is 5.32 Å². The van der Waals surface area contributed by atoms with E-state index in [1.807, 2.05) is 45.0 Å². The monoisotopic (exact) mass is 245 g/mol. The molecular formula is C14H19N3O. The van der Waals surface area contributed by atoms with E-state index in [9.17, 15) is 5.11 Å². The van der Waals surface area contributed by atoms with E-state index in [0.29, 0.717) is 6.54 Å². The van der Waals surface area contributed by atoms with Gasteiger partial charge < -0.3 is 10.4 Å². The Balaban J connectivity index is 2.32. The van der Waals surface area contributed by atoms with E-state index in [0.717, 1.165) is 22.3 Å². The quantitative estimate of drug-likeness (QED) is 0.868. The summed E-state index contributed by atoms with van der Waals surface area (Å²) in [5.74, 6) is 0.776. The molecule has 18 heavy (non-hydrogen) atoms. The maximum absolute atomic E-state index is 9.25. The lowest BCUT2D eigenvalue weighted by molar-refractivity contribution is 0.171. The fourth-order valence-corrected chi connectivity index (χ4v) is 1.75. The van der Waals surface area contributed by atoms with Crippen molar-refractivity contribution in [2.24, 2.45) is 5.41 Å². The highest BCUT2D eigenvalue weighted by molar-refractivity contribution is 5.92. The third kappa shape index (κ3) is 2.59. The highest BCUT2D eigenvalue weighted by Gasteiger charge is 2.17. The van der Waals surface area contributed by atoms with E-state index < -0.39 is 0 Å². The number of anilines is 1. The van der Waals surface area contributed by atoms with Gasteiger partial charge in [0.15, 0.2) is 5.82 Å². The van der Waals surface area contributed by atoms with Crippen molar-refractivity contribution in [3.05, 3.63) is 30.0 Å². The number of fused-ring (bicyclic) bond motifs is 1. The number of aliphatic hydroxyl groups is 1. The van der Waals surface area contributed by atoms with Gasteiger partial charge in [-0.3, -0.25) is 0 Å². The number of aliphatic hydroxyl groups excluding tert-OH is 1. The van der Waals surface area contributed by atoms with Gasteiger partial charge in [0.25, 0.3) is 0 Å². The average molecular weight is 245 g/mol. The van der Waals surface area contributed by atoms with Crippen molar-refractivity contribution in [3.8, 4) is 0 Å². The van der Waals surface area contributed by atoms with Gasteiger partial charge in [0, 0.05) is 29.3 Å². The Hall–Kier alpha value is -1.68. The zero-order valence-corrected chi connectivity index (χ0v) is 11.1. The van der Waals surface area contributed by atoms with Gasteiger partial charge >= 0.3 is 0 Å². The molecule has 0 unspecified atom stereocenters. The highest BCUT2D eigenvalue weighted by atomic mass is 16.3. The van der Waals surface area contributed by atoms with Crippen LogP contribution in [0.3, 0.4) is 0 Å². The number of aromatic nitrogens is 2. The minimum Gasteiger partial charge on any atom is -0.396 e. The van der Waals surface area contributed by atoms with Gasteiger partial charge in [-0.25, -0.2) is 0 Å². The Bertz CT molecular complexity index is 552. The Morgan fingerprint density at radius 1 is 1.17 bits per heavy atom. The highest BCUT2D eigenvalue weighted by Crippen LogP contribution is 2.23. The lowest BCUT2D eigenvalue weighted by Gasteiger charge is -2.22. The molecule has 0 aliphatic carbocycles. The second-order valence-electron chi connectivity index (χ2n) is 5.36. The number of benzene rings is 1. The van der Waals surface area contributed by atoms with Crippen molar-refractivity contribution in [1.29, 1.82) is 0 Å². The number of nitrogens with zero attached hydrogens (tertiary/aromatic N) is 2. The minimum atomic E-state index is -0.173. The van der Waals surface area contributed by atoms with Crippen molar-refractivity contribution in [1.82, 2.24) is 10.2 Å². The van der Waals surface area contributed by atoms with Gasteiger partial charge in [-0.2, -0.15) is 5.10 Å². The van der Waals surface area contributed by atoms with Gasteiger partial charge in [-0.1, -0.05) is 38.1 Å². The smallest absolute Gasteiger partial charge is 0.156 e. The van der Waals surface area contributed by atoms with E-state index in [1.54, 1.807) is 0 Å². The molecule has 2 rings (SSSR count). The largest absolute Gasteiger partial charge is 0.396 e. The van der Waals surface area contributed by atoms with Crippen LogP contribution in [0.4, 0.5) is 5.82 Å². The topological polar surface area (TPSA) is 58.0 Å². The van der Waals surface area contributed by atoms with E-state index >= 15 is 0 Å². The summed E-state index contributed by atoms with van der Waals surface area (Å²) < 4.78 is 0. The van der Waals surface area contributed by atoms with Crippen LogP contribution in [-0.4, -0.2) is 28.5 Å². The molecule has 0 bridgehead atoms. The van der Waals surface area contributed by atoms with Crippen molar-refractivity contribution in [3.63, 3.8) is 0 Å². The fourth-order valence-electron chi connectivity index (χ4n) is 1.75. The summed E-state index contributed by atoms with van der Waals surface area (Å²) in [6.07, 6.45) is 0. The molecule has 0 spiro atoms.